The lowest BCUT2D eigenvalue weighted by atomic mass is 10.0. The van der Waals surface area contributed by atoms with Gasteiger partial charge >= 0.3 is 0 Å². The number of hydrogen-bond acceptors (Lipinski definition) is 5. The molecule has 9 heteroatoms. The highest BCUT2D eigenvalue weighted by atomic mass is 35.5. The number of rotatable bonds is 5. The van der Waals surface area contributed by atoms with Crippen molar-refractivity contribution in [2.75, 3.05) is 12.4 Å². The van der Waals surface area contributed by atoms with E-state index in [1.807, 2.05) is 0 Å². The van der Waals surface area contributed by atoms with Crippen molar-refractivity contribution >= 4 is 35.0 Å². The van der Waals surface area contributed by atoms with E-state index in [4.69, 9.17) is 20.8 Å². The third-order valence-corrected chi connectivity index (χ3v) is 4.28. The number of hydrogen-bond donors (Lipinski definition) is 2. The summed E-state index contributed by atoms with van der Waals surface area (Å²) < 4.78 is 10.5. The fourth-order valence-electron chi connectivity index (χ4n) is 2.64. The molecule has 1 saturated heterocycles. The van der Waals surface area contributed by atoms with Crippen LogP contribution in [-0.4, -0.2) is 35.2 Å². The Morgan fingerprint density at radius 1 is 1.31 bits per heavy atom. The molecule has 0 radical (unpaired) electrons. The molecule has 3 rings (SSSR count). The van der Waals surface area contributed by atoms with Gasteiger partial charge in [0.2, 0.25) is 5.91 Å². The molecule has 136 valence electrons. The maximum absolute atomic E-state index is 12.6. The van der Waals surface area contributed by atoms with Crippen LogP contribution in [0.25, 0.3) is 0 Å². The Hall–Kier alpha value is -3.00. The maximum atomic E-state index is 12.6. The topological polar surface area (TPSA) is 101 Å². The lowest BCUT2D eigenvalue weighted by molar-refractivity contribution is -0.150. The number of halogens is 1. The minimum absolute atomic E-state index is 0.200. The number of ether oxygens (including phenoxy) is 1. The SMILES string of the molecule is COc1cc(NC(C)=O)ccc1C(=O)NN1C(=O)C(Cl)C1c1ccco1. The number of amides is 3. The molecule has 0 spiro atoms. The zero-order valence-electron chi connectivity index (χ0n) is 14.0. The predicted molar refractivity (Wildman–Crippen MR) is 92.7 cm³/mol. The number of anilines is 1. The number of alkyl halides is 1. The van der Waals surface area contributed by atoms with Gasteiger partial charge in [0.25, 0.3) is 11.8 Å². The van der Waals surface area contributed by atoms with Crippen LogP contribution in [0.1, 0.15) is 29.1 Å². The van der Waals surface area contributed by atoms with Crippen LogP contribution in [0.4, 0.5) is 5.69 Å². The van der Waals surface area contributed by atoms with Crippen molar-refractivity contribution in [2.24, 2.45) is 0 Å². The van der Waals surface area contributed by atoms with Gasteiger partial charge in [0.1, 0.15) is 22.9 Å². The normalized spacial score (nSPS) is 18.9. The molecule has 3 amide bonds. The molecule has 0 saturated carbocycles. The van der Waals surface area contributed by atoms with E-state index in [9.17, 15) is 14.4 Å². The number of hydrazine groups is 1. The first-order valence-electron chi connectivity index (χ1n) is 7.69. The summed E-state index contributed by atoms with van der Waals surface area (Å²) in [7, 11) is 1.40. The van der Waals surface area contributed by atoms with Crippen molar-refractivity contribution in [1.29, 1.82) is 0 Å². The second-order valence-electron chi connectivity index (χ2n) is 5.61. The van der Waals surface area contributed by atoms with E-state index in [1.165, 1.54) is 32.4 Å². The van der Waals surface area contributed by atoms with Gasteiger partial charge in [-0.15, -0.1) is 11.6 Å². The number of carbonyl (C=O) groups is 3. The minimum atomic E-state index is -0.814. The molecule has 1 aliphatic heterocycles. The minimum Gasteiger partial charge on any atom is -0.496 e. The van der Waals surface area contributed by atoms with Gasteiger partial charge in [0.15, 0.2) is 0 Å². The van der Waals surface area contributed by atoms with E-state index < -0.39 is 23.2 Å². The van der Waals surface area contributed by atoms with Crippen LogP contribution in [0.2, 0.25) is 0 Å². The Morgan fingerprint density at radius 3 is 2.69 bits per heavy atom. The van der Waals surface area contributed by atoms with Gasteiger partial charge in [0.05, 0.1) is 18.9 Å². The molecule has 2 unspecified atom stereocenters. The van der Waals surface area contributed by atoms with Gasteiger partial charge in [-0.25, -0.2) is 5.01 Å². The monoisotopic (exact) mass is 377 g/mol. The quantitative estimate of drug-likeness (QED) is 0.613. The predicted octanol–water partition coefficient (Wildman–Crippen LogP) is 2.08. The highest BCUT2D eigenvalue weighted by molar-refractivity contribution is 6.33. The van der Waals surface area contributed by atoms with Crippen molar-refractivity contribution < 1.29 is 23.5 Å². The molecule has 1 fully saturated rings. The van der Waals surface area contributed by atoms with Crippen LogP contribution in [0.15, 0.2) is 41.0 Å². The molecule has 2 atom stereocenters. The van der Waals surface area contributed by atoms with E-state index in [0.717, 1.165) is 5.01 Å². The molecule has 1 aromatic heterocycles. The molecule has 8 nitrogen and oxygen atoms in total. The summed E-state index contributed by atoms with van der Waals surface area (Å²) in [6, 6.07) is 7.32. The van der Waals surface area contributed by atoms with Crippen molar-refractivity contribution in [3.8, 4) is 5.75 Å². The van der Waals surface area contributed by atoms with Crippen molar-refractivity contribution in [2.45, 2.75) is 18.3 Å². The summed E-state index contributed by atoms with van der Waals surface area (Å²) >= 11 is 6.04. The fraction of sp³-hybridized carbons (Fsp3) is 0.235. The molecule has 26 heavy (non-hydrogen) atoms. The van der Waals surface area contributed by atoms with Crippen LogP contribution in [0, 0.1) is 0 Å². The zero-order valence-corrected chi connectivity index (χ0v) is 14.7. The van der Waals surface area contributed by atoms with E-state index >= 15 is 0 Å². The number of methoxy groups -OCH3 is 1. The lowest BCUT2D eigenvalue weighted by Gasteiger charge is -2.42. The van der Waals surface area contributed by atoms with Crippen molar-refractivity contribution in [1.82, 2.24) is 10.4 Å². The standard InChI is InChI=1S/C17H16ClN3O5/c1-9(22)19-10-5-6-11(13(8-10)25-2)16(23)20-21-15(14(18)17(21)24)12-4-3-7-26-12/h3-8,14-15H,1-2H3,(H,19,22)(H,20,23). The van der Waals surface area contributed by atoms with E-state index in [1.54, 1.807) is 18.2 Å². The Labute approximate surface area is 154 Å². The Kier molecular flexibility index (Phi) is 4.85. The van der Waals surface area contributed by atoms with Gasteiger partial charge in [-0.05, 0) is 24.3 Å². The average Bonchev–Trinajstić information content (AvgIpc) is 3.13. The van der Waals surface area contributed by atoms with Gasteiger partial charge < -0.3 is 14.5 Å². The number of furan rings is 1. The van der Waals surface area contributed by atoms with Crippen LogP contribution in [-0.2, 0) is 9.59 Å². The molecule has 0 aliphatic carbocycles. The molecule has 0 bridgehead atoms. The summed E-state index contributed by atoms with van der Waals surface area (Å²) in [5.41, 5.74) is 3.21. The average molecular weight is 378 g/mol. The van der Waals surface area contributed by atoms with E-state index in [-0.39, 0.29) is 17.2 Å². The van der Waals surface area contributed by atoms with Gasteiger partial charge in [-0.3, -0.25) is 19.8 Å². The van der Waals surface area contributed by atoms with E-state index in [0.29, 0.717) is 11.4 Å². The summed E-state index contributed by atoms with van der Waals surface area (Å²) in [6.07, 6.45) is 1.46. The first kappa shape index (κ1) is 17.8. The number of β-lactam (4-membered cyclic amide) rings is 1. The number of nitrogens with zero attached hydrogens (tertiary/aromatic N) is 1. The van der Waals surface area contributed by atoms with Crippen molar-refractivity contribution in [3.05, 3.63) is 47.9 Å². The first-order valence-corrected chi connectivity index (χ1v) is 8.13. The molecular formula is C17H16ClN3O5. The highest BCUT2D eigenvalue weighted by Gasteiger charge is 2.50. The highest BCUT2D eigenvalue weighted by Crippen LogP contribution is 2.37. The van der Waals surface area contributed by atoms with Gasteiger partial charge in [-0.2, -0.15) is 0 Å². The number of benzene rings is 1. The summed E-state index contributed by atoms with van der Waals surface area (Å²) in [6.45, 7) is 1.37. The first-order chi connectivity index (χ1) is 12.4. The Morgan fingerprint density at radius 2 is 2.08 bits per heavy atom. The molecule has 2 heterocycles. The summed E-state index contributed by atoms with van der Waals surface area (Å²) in [4.78, 5) is 35.7. The number of nitrogens with one attached hydrogen (secondary N) is 2. The van der Waals surface area contributed by atoms with Crippen LogP contribution in [0.3, 0.4) is 0 Å². The Balaban J connectivity index is 1.79. The van der Waals surface area contributed by atoms with Gasteiger partial charge in [-0.1, -0.05) is 0 Å². The second kappa shape index (κ2) is 7.09. The second-order valence-corrected chi connectivity index (χ2v) is 6.08. The third kappa shape index (κ3) is 3.23. The lowest BCUT2D eigenvalue weighted by Crippen LogP contribution is -2.63. The largest absolute Gasteiger partial charge is 0.496 e. The molecule has 1 aromatic carbocycles. The van der Waals surface area contributed by atoms with Gasteiger partial charge in [0, 0.05) is 18.7 Å². The third-order valence-electron chi connectivity index (χ3n) is 3.85. The number of carbonyl (C=O) groups excluding carboxylic acids is 3. The maximum Gasteiger partial charge on any atom is 0.273 e. The zero-order chi connectivity index (χ0) is 18.8. The Bertz CT molecular complexity index is 852. The summed E-state index contributed by atoms with van der Waals surface area (Å²) in [5, 5.41) is 2.91. The smallest absolute Gasteiger partial charge is 0.273 e. The van der Waals surface area contributed by atoms with Crippen LogP contribution in [0.5, 0.6) is 5.75 Å². The van der Waals surface area contributed by atoms with Crippen LogP contribution >= 0.6 is 11.6 Å². The summed E-state index contributed by atoms with van der Waals surface area (Å²) in [5.74, 6) is -0.513. The molecular weight excluding hydrogens is 362 g/mol. The molecule has 1 aliphatic rings. The fourth-order valence-corrected chi connectivity index (χ4v) is 2.98. The van der Waals surface area contributed by atoms with E-state index in [2.05, 4.69) is 10.7 Å². The molecule has 2 N–H and O–H groups in total. The van der Waals surface area contributed by atoms with Crippen molar-refractivity contribution in [3.63, 3.8) is 0 Å². The molecule has 2 aromatic rings. The van der Waals surface area contributed by atoms with Crippen LogP contribution < -0.4 is 15.5 Å².